The minimum absolute atomic E-state index is 0.372. The number of nitrogens with zero attached hydrogens (tertiary/aromatic N) is 2. The number of unbranched alkanes of at least 4 members (excludes halogenated alkanes) is 7. The van der Waals surface area contributed by atoms with Crippen molar-refractivity contribution in [1.29, 1.82) is 0 Å². The van der Waals surface area contributed by atoms with Gasteiger partial charge in [0.15, 0.2) is 6.10 Å². The van der Waals surface area contributed by atoms with Gasteiger partial charge in [0.25, 0.3) is 5.09 Å². The Morgan fingerprint density at radius 3 is 1.95 bits per heavy atom. The van der Waals surface area contributed by atoms with E-state index in [9.17, 15) is 20.2 Å². The monoisotopic (exact) mass is 276 g/mol. The van der Waals surface area contributed by atoms with Crippen LogP contribution in [0.2, 0.25) is 0 Å². The third kappa shape index (κ3) is 12.8. The van der Waals surface area contributed by atoms with Gasteiger partial charge < -0.3 is 4.84 Å². The number of nitro groups is 1. The van der Waals surface area contributed by atoms with Gasteiger partial charge in [0.1, 0.15) is 0 Å². The predicted octanol–water partition coefficient (Wildman–Crippen LogP) is 3.37. The summed E-state index contributed by atoms with van der Waals surface area (Å²) in [7, 11) is 0. The maximum atomic E-state index is 10.3. The number of hydrogen-bond acceptors (Lipinski definition) is 5. The summed E-state index contributed by atoms with van der Waals surface area (Å²) in [6, 6.07) is 0. The molecule has 112 valence electrons. The summed E-state index contributed by atoms with van der Waals surface area (Å²) in [6.07, 6.45) is 8.34. The third-order valence-corrected chi connectivity index (χ3v) is 2.97. The van der Waals surface area contributed by atoms with Gasteiger partial charge in [0.05, 0.1) is 0 Å². The van der Waals surface area contributed by atoms with Crippen LogP contribution in [0, 0.1) is 20.2 Å². The van der Waals surface area contributed by atoms with Crippen molar-refractivity contribution in [3.63, 3.8) is 0 Å². The van der Waals surface area contributed by atoms with Gasteiger partial charge in [0.2, 0.25) is 6.54 Å². The molecule has 0 saturated heterocycles. The van der Waals surface area contributed by atoms with E-state index in [4.69, 9.17) is 0 Å². The molecule has 0 amide bonds. The Hall–Kier alpha value is -1.40. The van der Waals surface area contributed by atoms with Gasteiger partial charge in [-0.3, -0.25) is 10.1 Å². The predicted molar refractivity (Wildman–Crippen MR) is 71.0 cm³/mol. The van der Waals surface area contributed by atoms with Crippen molar-refractivity contribution in [2.75, 3.05) is 6.54 Å². The van der Waals surface area contributed by atoms with Crippen LogP contribution in [-0.4, -0.2) is 22.7 Å². The molecule has 0 spiro atoms. The Morgan fingerprint density at radius 2 is 1.47 bits per heavy atom. The molecule has 0 aromatic carbocycles. The average molecular weight is 276 g/mol. The van der Waals surface area contributed by atoms with Crippen molar-refractivity contribution in [2.24, 2.45) is 0 Å². The van der Waals surface area contributed by atoms with E-state index < -0.39 is 22.7 Å². The summed E-state index contributed by atoms with van der Waals surface area (Å²) in [4.78, 5) is 24.2. The lowest BCUT2D eigenvalue weighted by Gasteiger charge is -2.10. The zero-order valence-electron chi connectivity index (χ0n) is 11.6. The van der Waals surface area contributed by atoms with E-state index in [-0.39, 0.29) is 0 Å². The quantitative estimate of drug-likeness (QED) is 0.292. The van der Waals surface area contributed by atoms with Gasteiger partial charge in [-0.25, -0.2) is 0 Å². The van der Waals surface area contributed by atoms with Crippen LogP contribution in [0.25, 0.3) is 0 Å². The zero-order chi connectivity index (χ0) is 14.5. The molecular weight excluding hydrogens is 252 g/mol. The van der Waals surface area contributed by atoms with Gasteiger partial charge in [-0.1, -0.05) is 58.3 Å². The maximum Gasteiger partial charge on any atom is 0.295 e. The van der Waals surface area contributed by atoms with Crippen molar-refractivity contribution >= 4 is 0 Å². The lowest BCUT2D eigenvalue weighted by Crippen LogP contribution is -2.25. The highest BCUT2D eigenvalue weighted by Crippen LogP contribution is 2.12. The first-order valence-corrected chi connectivity index (χ1v) is 6.99. The summed E-state index contributed by atoms with van der Waals surface area (Å²) < 4.78 is 0. The third-order valence-electron chi connectivity index (χ3n) is 2.97. The first-order valence-electron chi connectivity index (χ1n) is 6.99. The largest absolute Gasteiger partial charge is 0.304 e. The topological polar surface area (TPSA) is 95.5 Å². The minimum Gasteiger partial charge on any atom is -0.304 e. The zero-order valence-corrected chi connectivity index (χ0v) is 11.6. The average Bonchev–Trinajstić information content (AvgIpc) is 2.30. The van der Waals surface area contributed by atoms with E-state index in [1.807, 2.05) is 0 Å². The molecule has 0 bridgehead atoms. The van der Waals surface area contributed by atoms with E-state index >= 15 is 0 Å². The molecule has 0 radical (unpaired) electrons. The van der Waals surface area contributed by atoms with Gasteiger partial charge in [-0.05, 0) is 6.42 Å². The molecular formula is C12H24N2O5. The van der Waals surface area contributed by atoms with Crippen molar-refractivity contribution in [1.82, 2.24) is 0 Å². The first-order chi connectivity index (χ1) is 9.06. The summed E-state index contributed by atoms with van der Waals surface area (Å²) in [5.74, 6) is 0. The van der Waals surface area contributed by atoms with Crippen LogP contribution in [0.4, 0.5) is 0 Å². The fourth-order valence-corrected chi connectivity index (χ4v) is 1.97. The summed E-state index contributed by atoms with van der Waals surface area (Å²) >= 11 is 0. The van der Waals surface area contributed by atoms with E-state index in [0.717, 1.165) is 25.7 Å². The molecule has 7 nitrogen and oxygen atoms in total. The SMILES string of the molecule is CCCCCCCCCCC(C[N+](=O)[O-])O[N+](=O)[O-]. The fourth-order valence-electron chi connectivity index (χ4n) is 1.97. The van der Waals surface area contributed by atoms with Gasteiger partial charge in [0, 0.05) is 4.92 Å². The van der Waals surface area contributed by atoms with Crippen LogP contribution in [0.3, 0.4) is 0 Å². The van der Waals surface area contributed by atoms with Crippen LogP contribution in [-0.2, 0) is 4.84 Å². The minimum atomic E-state index is -0.946. The second-order valence-electron chi connectivity index (χ2n) is 4.73. The second kappa shape index (κ2) is 11.7. The highest BCUT2D eigenvalue weighted by atomic mass is 17.0. The van der Waals surface area contributed by atoms with Gasteiger partial charge in [-0.15, -0.1) is 10.1 Å². The standard InChI is InChI=1S/C12H24N2O5/c1-2-3-4-5-6-7-8-9-10-12(11-13(15)16)19-14(17)18/h12H,2-11H2,1H3. The molecule has 0 N–H and O–H groups in total. The molecule has 0 rings (SSSR count). The summed E-state index contributed by atoms with van der Waals surface area (Å²) in [5.41, 5.74) is 0. The highest BCUT2D eigenvalue weighted by Gasteiger charge is 2.18. The molecule has 1 atom stereocenters. The van der Waals surface area contributed by atoms with Crippen LogP contribution in [0.1, 0.15) is 64.7 Å². The molecule has 0 aromatic heterocycles. The molecule has 7 heteroatoms. The van der Waals surface area contributed by atoms with E-state index in [0.29, 0.717) is 6.42 Å². The molecule has 0 aliphatic carbocycles. The fraction of sp³-hybridized carbons (Fsp3) is 1.00. The lowest BCUT2D eigenvalue weighted by molar-refractivity contribution is -0.774. The molecule has 0 saturated carbocycles. The Kier molecular flexibility index (Phi) is 10.8. The molecule has 0 aromatic rings. The van der Waals surface area contributed by atoms with Crippen LogP contribution in [0.15, 0.2) is 0 Å². The summed E-state index contributed by atoms with van der Waals surface area (Å²) in [5, 5.41) is 19.6. The molecule has 19 heavy (non-hydrogen) atoms. The molecule has 0 aliphatic heterocycles. The van der Waals surface area contributed by atoms with E-state index in [1.165, 1.54) is 25.7 Å². The van der Waals surface area contributed by atoms with E-state index in [1.54, 1.807) is 0 Å². The van der Waals surface area contributed by atoms with Crippen molar-refractivity contribution in [3.8, 4) is 0 Å². The highest BCUT2D eigenvalue weighted by molar-refractivity contribution is 4.55. The van der Waals surface area contributed by atoms with Gasteiger partial charge in [-0.2, -0.15) is 0 Å². The van der Waals surface area contributed by atoms with Crippen molar-refractivity contribution in [2.45, 2.75) is 70.8 Å². The molecule has 0 heterocycles. The normalized spacial score (nSPS) is 12.1. The smallest absolute Gasteiger partial charge is 0.295 e. The Bertz CT molecular complexity index is 245. The van der Waals surface area contributed by atoms with Crippen molar-refractivity contribution in [3.05, 3.63) is 20.2 Å². The van der Waals surface area contributed by atoms with Crippen LogP contribution >= 0.6 is 0 Å². The Labute approximate surface area is 113 Å². The molecule has 0 aliphatic rings. The summed E-state index contributed by atoms with van der Waals surface area (Å²) in [6.45, 7) is 1.67. The Morgan fingerprint density at radius 1 is 0.947 bits per heavy atom. The maximum absolute atomic E-state index is 10.3. The van der Waals surface area contributed by atoms with Gasteiger partial charge >= 0.3 is 0 Å². The van der Waals surface area contributed by atoms with Crippen LogP contribution in [0.5, 0.6) is 0 Å². The second-order valence-corrected chi connectivity index (χ2v) is 4.73. The number of rotatable bonds is 13. The molecule has 1 unspecified atom stereocenters. The lowest BCUT2D eigenvalue weighted by atomic mass is 10.1. The molecule has 0 fully saturated rings. The first kappa shape index (κ1) is 17.6. The van der Waals surface area contributed by atoms with Crippen LogP contribution < -0.4 is 0 Å². The van der Waals surface area contributed by atoms with E-state index in [2.05, 4.69) is 11.8 Å². The Balaban J connectivity index is 3.57. The number of hydrogen-bond donors (Lipinski definition) is 0. The van der Waals surface area contributed by atoms with Crippen molar-refractivity contribution < 1.29 is 14.8 Å².